The molecule has 0 saturated heterocycles. The summed E-state index contributed by atoms with van der Waals surface area (Å²) in [5.74, 6) is -1.67. The molecule has 0 heterocycles. The number of nitrogens with one attached hydrogen (secondary N) is 1. The number of carboxylic acid groups (broad SMARTS) is 1. The van der Waals surface area contributed by atoms with Gasteiger partial charge in [-0.25, -0.2) is 12.8 Å². The van der Waals surface area contributed by atoms with Gasteiger partial charge in [0.15, 0.2) is 0 Å². The van der Waals surface area contributed by atoms with Crippen LogP contribution in [0.25, 0.3) is 6.08 Å². The highest BCUT2D eigenvalue weighted by atomic mass is 35.5. The second-order valence-electron chi connectivity index (χ2n) is 5.52. The Morgan fingerprint density at radius 2 is 2.04 bits per heavy atom. The van der Waals surface area contributed by atoms with E-state index >= 15 is 0 Å². The molecule has 0 amide bonds. The molecule has 2 aromatic rings. The van der Waals surface area contributed by atoms with E-state index in [-0.39, 0.29) is 16.3 Å². The van der Waals surface area contributed by atoms with E-state index in [1.807, 2.05) is 0 Å². The summed E-state index contributed by atoms with van der Waals surface area (Å²) in [5.41, 5.74) is 1.96. The lowest BCUT2D eigenvalue weighted by Gasteiger charge is -2.15. The van der Waals surface area contributed by atoms with Crippen molar-refractivity contribution in [1.82, 2.24) is 4.72 Å². The van der Waals surface area contributed by atoms with Crippen LogP contribution in [0.5, 0.6) is 0 Å². The summed E-state index contributed by atoms with van der Waals surface area (Å²) >= 11 is 5.65. The Morgan fingerprint density at radius 1 is 1.28 bits per heavy atom. The largest absolute Gasteiger partial charge is 0.481 e. The predicted molar refractivity (Wildman–Crippen MR) is 91.3 cm³/mol. The second kappa shape index (κ2) is 6.59. The first kappa shape index (κ1) is 17.6. The molecule has 0 spiro atoms. The average molecular weight is 382 g/mol. The van der Waals surface area contributed by atoms with Crippen LogP contribution in [0, 0.1) is 5.82 Å². The first-order valence-corrected chi connectivity index (χ1v) is 9.13. The van der Waals surface area contributed by atoms with Crippen molar-refractivity contribution in [3.05, 3.63) is 70.0 Å². The van der Waals surface area contributed by atoms with Crippen molar-refractivity contribution in [1.29, 1.82) is 0 Å². The minimum Gasteiger partial charge on any atom is -0.481 e. The van der Waals surface area contributed by atoms with E-state index in [0.29, 0.717) is 16.7 Å². The molecule has 25 heavy (non-hydrogen) atoms. The van der Waals surface area contributed by atoms with Crippen LogP contribution in [-0.2, 0) is 21.2 Å². The third-order valence-corrected chi connectivity index (χ3v) is 5.57. The maximum Gasteiger partial charge on any atom is 0.307 e. The zero-order valence-corrected chi connectivity index (χ0v) is 14.3. The molecule has 5 nitrogen and oxygen atoms in total. The maximum absolute atomic E-state index is 13.2. The molecule has 0 aliphatic heterocycles. The maximum atomic E-state index is 13.2. The van der Waals surface area contributed by atoms with Gasteiger partial charge in [0.2, 0.25) is 10.0 Å². The van der Waals surface area contributed by atoms with Crippen molar-refractivity contribution in [3.63, 3.8) is 0 Å². The fourth-order valence-corrected chi connectivity index (χ4v) is 4.14. The molecule has 1 unspecified atom stereocenters. The molecule has 8 heteroatoms. The fraction of sp³-hybridized carbons (Fsp3) is 0.118. The van der Waals surface area contributed by atoms with Crippen LogP contribution < -0.4 is 4.72 Å². The molecule has 0 bridgehead atoms. The van der Waals surface area contributed by atoms with Crippen molar-refractivity contribution in [2.45, 2.75) is 17.4 Å². The molecule has 1 aliphatic carbocycles. The molecule has 2 aromatic carbocycles. The highest BCUT2D eigenvalue weighted by Crippen LogP contribution is 2.32. The van der Waals surface area contributed by atoms with Gasteiger partial charge < -0.3 is 5.11 Å². The highest BCUT2D eigenvalue weighted by molar-refractivity contribution is 7.89. The predicted octanol–water partition coefficient (Wildman–Crippen LogP) is 3.15. The van der Waals surface area contributed by atoms with E-state index in [9.17, 15) is 17.6 Å². The lowest BCUT2D eigenvalue weighted by Crippen LogP contribution is -2.27. The van der Waals surface area contributed by atoms with Crippen LogP contribution in [0.3, 0.4) is 0 Å². The lowest BCUT2D eigenvalue weighted by atomic mass is 10.00. The van der Waals surface area contributed by atoms with E-state index in [2.05, 4.69) is 4.72 Å². The van der Waals surface area contributed by atoms with Crippen molar-refractivity contribution in [2.24, 2.45) is 0 Å². The molecule has 0 fully saturated rings. The standard InChI is InChI=1S/C17H13ClFNO4S/c18-14-9-11(4-6-15(14)19)25(23,24)20-16-7-5-12-10(8-17(21)22)2-1-3-13(12)16/h1-7,9,16,20H,8H2,(H,21,22). The summed E-state index contributed by atoms with van der Waals surface area (Å²) in [6.45, 7) is 0. The number of hydrogen-bond acceptors (Lipinski definition) is 3. The summed E-state index contributed by atoms with van der Waals surface area (Å²) in [5, 5.41) is 8.69. The summed E-state index contributed by atoms with van der Waals surface area (Å²) in [7, 11) is -3.93. The van der Waals surface area contributed by atoms with E-state index in [4.69, 9.17) is 16.7 Å². The van der Waals surface area contributed by atoms with Gasteiger partial charge in [0, 0.05) is 0 Å². The Bertz CT molecular complexity index is 988. The van der Waals surface area contributed by atoms with Gasteiger partial charge >= 0.3 is 5.97 Å². The number of sulfonamides is 1. The Balaban J connectivity index is 1.90. The summed E-state index contributed by atoms with van der Waals surface area (Å²) in [6, 6.07) is 7.61. The van der Waals surface area contributed by atoms with Gasteiger partial charge in [-0.05, 0) is 34.9 Å². The van der Waals surface area contributed by atoms with Gasteiger partial charge in [-0.15, -0.1) is 0 Å². The number of carboxylic acids is 1. The van der Waals surface area contributed by atoms with Gasteiger partial charge in [0.25, 0.3) is 0 Å². The summed E-state index contributed by atoms with van der Waals surface area (Å²) in [6.07, 6.45) is 3.18. The third-order valence-electron chi connectivity index (χ3n) is 3.85. The van der Waals surface area contributed by atoms with Crippen LogP contribution in [0.1, 0.15) is 22.7 Å². The van der Waals surface area contributed by atoms with Crippen LogP contribution in [0.4, 0.5) is 4.39 Å². The fourth-order valence-electron chi connectivity index (χ4n) is 2.70. The minimum absolute atomic E-state index is 0.151. The van der Waals surface area contributed by atoms with Crippen LogP contribution in [0.15, 0.2) is 47.4 Å². The Morgan fingerprint density at radius 3 is 2.72 bits per heavy atom. The number of benzene rings is 2. The zero-order valence-electron chi connectivity index (χ0n) is 12.7. The first-order valence-electron chi connectivity index (χ1n) is 7.27. The molecule has 1 aliphatic rings. The molecule has 3 rings (SSSR count). The lowest BCUT2D eigenvalue weighted by molar-refractivity contribution is -0.136. The number of halogens is 2. The molecule has 0 saturated carbocycles. The molecule has 1 atom stereocenters. The van der Waals surface area contributed by atoms with Gasteiger partial charge in [0.1, 0.15) is 5.82 Å². The summed E-state index contributed by atoms with van der Waals surface area (Å²) < 4.78 is 40.8. The van der Waals surface area contributed by atoms with Crippen LogP contribution in [0.2, 0.25) is 5.02 Å². The van der Waals surface area contributed by atoms with Gasteiger partial charge in [0.05, 0.1) is 22.4 Å². The molecular weight excluding hydrogens is 369 g/mol. The van der Waals surface area contributed by atoms with Gasteiger partial charge in [-0.3, -0.25) is 4.79 Å². The van der Waals surface area contributed by atoms with Crippen molar-refractivity contribution in [2.75, 3.05) is 0 Å². The first-order chi connectivity index (χ1) is 11.8. The topological polar surface area (TPSA) is 83.5 Å². The normalized spacial score (nSPS) is 16.0. The Labute approximate surface area is 148 Å². The number of carbonyl (C=O) groups is 1. The molecule has 130 valence electrons. The number of rotatable bonds is 5. The monoisotopic (exact) mass is 381 g/mol. The quantitative estimate of drug-likeness (QED) is 0.833. The third kappa shape index (κ3) is 3.58. The number of fused-ring (bicyclic) bond motifs is 1. The Hall–Kier alpha value is -2.22. The van der Waals surface area contributed by atoms with E-state index in [0.717, 1.165) is 18.2 Å². The number of aliphatic carboxylic acids is 1. The van der Waals surface area contributed by atoms with E-state index in [1.165, 1.54) is 0 Å². The molecule has 2 N–H and O–H groups in total. The Kier molecular flexibility index (Phi) is 4.64. The van der Waals surface area contributed by atoms with Crippen molar-refractivity contribution >= 4 is 33.7 Å². The average Bonchev–Trinajstić information content (AvgIpc) is 2.93. The van der Waals surface area contributed by atoms with Gasteiger partial charge in [-0.2, -0.15) is 4.72 Å². The smallest absolute Gasteiger partial charge is 0.307 e. The van der Waals surface area contributed by atoms with Crippen LogP contribution >= 0.6 is 11.6 Å². The van der Waals surface area contributed by atoms with E-state index in [1.54, 1.807) is 30.4 Å². The molecule has 0 radical (unpaired) electrons. The van der Waals surface area contributed by atoms with Crippen molar-refractivity contribution < 1.29 is 22.7 Å². The molecule has 0 aromatic heterocycles. The van der Waals surface area contributed by atoms with Gasteiger partial charge in [-0.1, -0.05) is 42.0 Å². The second-order valence-corrected chi connectivity index (χ2v) is 7.65. The van der Waals surface area contributed by atoms with Crippen molar-refractivity contribution in [3.8, 4) is 0 Å². The molecular formula is C17H13ClFNO4S. The minimum atomic E-state index is -3.93. The SMILES string of the molecule is O=C(O)Cc1cccc2c1C=CC2NS(=O)(=O)c1ccc(F)c(Cl)c1. The zero-order chi connectivity index (χ0) is 18.2. The highest BCUT2D eigenvalue weighted by Gasteiger charge is 2.26. The summed E-state index contributed by atoms with van der Waals surface area (Å²) in [4.78, 5) is 10.8. The number of hydrogen-bond donors (Lipinski definition) is 2. The van der Waals surface area contributed by atoms with Crippen LogP contribution in [-0.4, -0.2) is 19.5 Å². The van der Waals surface area contributed by atoms with E-state index < -0.39 is 27.9 Å².